The standard InChI is InChI=1S/C15H29N3O4.ClH/c1-21-10-11-22-9-6-15(20)18-8-3-2-4-13(18)12-17-14(19)5-7-16;/h13H,2-12,16H2,1H3,(H,17,19);1H. The lowest BCUT2D eigenvalue weighted by Crippen LogP contribution is -2.49. The highest BCUT2D eigenvalue weighted by atomic mass is 35.5. The van der Waals surface area contributed by atoms with Crippen LogP contribution in [0.25, 0.3) is 0 Å². The van der Waals surface area contributed by atoms with Crippen molar-refractivity contribution in [1.82, 2.24) is 10.2 Å². The molecule has 136 valence electrons. The summed E-state index contributed by atoms with van der Waals surface area (Å²) in [5, 5.41) is 2.86. The second kappa shape index (κ2) is 13.5. The van der Waals surface area contributed by atoms with Gasteiger partial charge in [0, 0.05) is 39.2 Å². The number of rotatable bonds is 10. The van der Waals surface area contributed by atoms with E-state index in [-0.39, 0.29) is 30.3 Å². The Hall–Kier alpha value is -0.890. The molecule has 1 aliphatic heterocycles. The summed E-state index contributed by atoms with van der Waals surface area (Å²) in [5.41, 5.74) is 5.36. The van der Waals surface area contributed by atoms with Crippen molar-refractivity contribution in [3.63, 3.8) is 0 Å². The Balaban J connectivity index is 0.00000484. The fraction of sp³-hybridized carbons (Fsp3) is 0.867. The van der Waals surface area contributed by atoms with Gasteiger partial charge in [-0.25, -0.2) is 0 Å². The van der Waals surface area contributed by atoms with Gasteiger partial charge in [0.15, 0.2) is 0 Å². The van der Waals surface area contributed by atoms with Crippen LogP contribution in [0, 0.1) is 0 Å². The average Bonchev–Trinajstić information content (AvgIpc) is 2.53. The monoisotopic (exact) mass is 351 g/mol. The zero-order valence-corrected chi connectivity index (χ0v) is 14.7. The van der Waals surface area contributed by atoms with Gasteiger partial charge in [-0.15, -0.1) is 12.4 Å². The van der Waals surface area contributed by atoms with Gasteiger partial charge in [-0.05, 0) is 19.3 Å². The molecule has 1 atom stereocenters. The average molecular weight is 352 g/mol. The van der Waals surface area contributed by atoms with Crippen molar-refractivity contribution in [2.24, 2.45) is 5.73 Å². The molecule has 8 heteroatoms. The number of carbonyl (C=O) groups excluding carboxylic acids is 2. The highest BCUT2D eigenvalue weighted by molar-refractivity contribution is 5.85. The van der Waals surface area contributed by atoms with Gasteiger partial charge in [0.1, 0.15) is 0 Å². The molecule has 2 amide bonds. The van der Waals surface area contributed by atoms with Crippen LogP contribution in [0.4, 0.5) is 0 Å². The molecule has 1 heterocycles. The van der Waals surface area contributed by atoms with E-state index in [1.165, 1.54) is 0 Å². The molecule has 0 aromatic carbocycles. The summed E-state index contributed by atoms with van der Waals surface area (Å²) in [4.78, 5) is 25.7. The molecule has 1 saturated heterocycles. The summed E-state index contributed by atoms with van der Waals surface area (Å²) in [6, 6.07) is 0.0851. The molecule has 7 nitrogen and oxygen atoms in total. The largest absolute Gasteiger partial charge is 0.382 e. The number of amides is 2. The lowest BCUT2D eigenvalue weighted by molar-refractivity contribution is -0.136. The number of halogens is 1. The summed E-state index contributed by atoms with van der Waals surface area (Å²) < 4.78 is 10.2. The Labute approximate surface area is 144 Å². The van der Waals surface area contributed by atoms with Crippen molar-refractivity contribution < 1.29 is 19.1 Å². The number of hydrogen-bond donors (Lipinski definition) is 2. The van der Waals surface area contributed by atoms with Gasteiger partial charge < -0.3 is 25.4 Å². The minimum Gasteiger partial charge on any atom is -0.382 e. The lowest BCUT2D eigenvalue weighted by Gasteiger charge is -2.36. The maximum Gasteiger partial charge on any atom is 0.225 e. The molecule has 0 aromatic heterocycles. The Kier molecular flexibility index (Phi) is 13.0. The molecule has 0 spiro atoms. The van der Waals surface area contributed by atoms with E-state index >= 15 is 0 Å². The van der Waals surface area contributed by atoms with Gasteiger partial charge in [0.2, 0.25) is 11.8 Å². The number of likely N-dealkylation sites (tertiary alicyclic amines) is 1. The predicted molar refractivity (Wildman–Crippen MR) is 90.6 cm³/mol. The first kappa shape index (κ1) is 22.1. The van der Waals surface area contributed by atoms with Gasteiger partial charge in [-0.3, -0.25) is 9.59 Å². The van der Waals surface area contributed by atoms with Crippen LogP contribution < -0.4 is 11.1 Å². The maximum atomic E-state index is 12.3. The van der Waals surface area contributed by atoms with Crippen molar-refractivity contribution in [1.29, 1.82) is 0 Å². The first-order chi connectivity index (χ1) is 10.7. The van der Waals surface area contributed by atoms with E-state index in [9.17, 15) is 9.59 Å². The molecular formula is C15H30ClN3O4. The summed E-state index contributed by atoms with van der Waals surface area (Å²) >= 11 is 0. The Morgan fingerprint density at radius 1 is 1.22 bits per heavy atom. The Bertz CT molecular complexity index is 345. The van der Waals surface area contributed by atoms with Crippen molar-refractivity contribution >= 4 is 24.2 Å². The highest BCUT2D eigenvalue weighted by Gasteiger charge is 2.26. The molecule has 1 rings (SSSR count). The number of nitrogens with one attached hydrogen (secondary N) is 1. The molecule has 1 aliphatic rings. The molecule has 0 bridgehead atoms. The molecular weight excluding hydrogens is 322 g/mol. The molecule has 0 radical (unpaired) electrons. The first-order valence-electron chi connectivity index (χ1n) is 8.02. The number of nitrogens with two attached hydrogens (primary N) is 1. The molecule has 3 N–H and O–H groups in total. The summed E-state index contributed by atoms with van der Waals surface area (Å²) in [6.45, 7) is 3.06. The molecule has 23 heavy (non-hydrogen) atoms. The van der Waals surface area contributed by atoms with Gasteiger partial charge in [0.05, 0.1) is 26.2 Å². The van der Waals surface area contributed by atoms with Crippen LogP contribution in [0.1, 0.15) is 32.1 Å². The topological polar surface area (TPSA) is 93.9 Å². The van der Waals surface area contributed by atoms with Gasteiger partial charge >= 0.3 is 0 Å². The van der Waals surface area contributed by atoms with E-state index in [1.807, 2.05) is 4.90 Å². The Morgan fingerprint density at radius 2 is 2.00 bits per heavy atom. The van der Waals surface area contributed by atoms with E-state index in [0.29, 0.717) is 45.8 Å². The molecule has 1 unspecified atom stereocenters. The third-order valence-corrected chi connectivity index (χ3v) is 3.75. The van der Waals surface area contributed by atoms with E-state index in [1.54, 1.807) is 7.11 Å². The van der Waals surface area contributed by atoms with Crippen LogP contribution >= 0.6 is 12.4 Å². The number of piperidine rings is 1. The minimum absolute atomic E-state index is 0. The number of carbonyl (C=O) groups is 2. The van der Waals surface area contributed by atoms with Gasteiger partial charge in [0.25, 0.3) is 0 Å². The zero-order chi connectivity index (χ0) is 16.2. The van der Waals surface area contributed by atoms with Crippen LogP contribution in [0.2, 0.25) is 0 Å². The first-order valence-corrected chi connectivity index (χ1v) is 8.02. The summed E-state index contributed by atoms with van der Waals surface area (Å²) in [5.74, 6) is 0.0403. The van der Waals surface area contributed by atoms with Crippen LogP contribution in [0.15, 0.2) is 0 Å². The number of nitrogens with zero attached hydrogens (tertiary/aromatic N) is 1. The smallest absolute Gasteiger partial charge is 0.225 e. The Morgan fingerprint density at radius 3 is 2.70 bits per heavy atom. The van der Waals surface area contributed by atoms with E-state index in [4.69, 9.17) is 15.2 Å². The van der Waals surface area contributed by atoms with Crippen LogP contribution in [-0.2, 0) is 19.1 Å². The van der Waals surface area contributed by atoms with E-state index in [2.05, 4.69) is 5.32 Å². The molecule has 0 saturated carbocycles. The second-order valence-corrected chi connectivity index (χ2v) is 5.43. The lowest BCUT2D eigenvalue weighted by atomic mass is 10.0. The van der Waals surface area contributed by atoms with Crippen LogP contribution in [0.5, 0.6) is 0 Å². The quantitative estimate of drug-likeness (QED) is 0.552. The number of methoxy groups -OCH3 is 1. The third-order valence-electron chi connectivity index (χ3n) is 3.75. The normalized spacial score (nSPS) is 17.5. The molecule has 1 fully saturated rings. The summed E-state index contributed by atoms with van der Waals surface area (Å²) in [6.07, 6.45) is 3.74. The van der Waals surface area contributed by atoms with Gasteiger partial charge in [-0.2, -0.15) is 0 Å². The zero-order valence-electron chi connectivity index (χ0n) is 13.9. The van der Waals surface area contributed by atoms with Gasteiger partial charge in [-0.1, -0.05) is 0 Å². The second-order valence-electron chi connectivity index (χ2n) is 5.43. The van der Waals surface area contributed by atoms with Crippen molar-refractivity contribution in [3.8, 4) is 0 Å². The predicted octanol–water partition coefficient (Wildman–Crippen LogP) is 0.307. The molecule has 0 aliphatic carbocycles. The van der Waals surface area contributed by atoms with Crippen molar-refractivity contribution in [3.05, 3.63) is 0 Å². The third kappa shape index (κ3) is 9.10. The van der Waals surface area contributed by atoms with Crippen LogP contribution in [0.3, 0.4) is 0 Å². The van der Waals surface area contributed by atoms with Crippen molar-refractivity contribution in [2.45, 2.75) is 38.1 Å². The SMILES string of the molecule is COCCOCCC(=O)N1CCCCC1CNC(=O)CCN.Cl. The fourth-order valence-corrected chi connectivity index (χ4v) is 2.54. The van der Waals surface area contributed by atoms with Crippen molar-refractivity contribution in [2.75, 3.05) is 46.6 Å². The van der Waals surface area contributed by atoms with Crippen LogP contribution in [-0.4, -0.2) is 69.3 Å². The van der Waals surface area contributed by atoms with E-state index < -0.39 is 0 Å². The fourth-order valence-electron chi connectivity index (χ4n) is 2.54. The summed E-state index contributed by atoms with van der Waals surface area (Å²) in [7, 11) is 1.62. The van der Waals surface area contributed by atoms with E-state index in [0.717, 1.165) is 25.8 Å². The minimum atomic E-state index is -0.0524. The number of ether oxygens (including phenoxy) is 2. The highest BCUT2D eigenvalue weighted by Crippen LogP contribution is 2.17. The number of hydrogen-bond acceptors (Lipinski definition) is 5. The molecule has 0 aromatic rings. The maximum absolute atomic E-state index is 12.3.